The summed E-state index contributed by atoms with van der Waals surface area (Å²) < 4.78 is 5.58. The van der Waals surface area contributed by atoms with Crippen LogP contribution in [0, 0.1) is 0 Å². The molecule has 1 aromatic heterocycles. The molecule has 2 N–H and O–H groups in total. The maximum atomic E-state index is 5.58. The summed E-state index contributed by atoms with van der Waals surface area (Å²) in [6.45, 7) is 4.72. The summed E-state index contributed by atoms with van der Waals surface area (Å²) in [5.74, 6) is 1.29. The summed E-state index contributed by atoms with van der Waals surface area (Å²) in [4.78, 5) is 0. The molecular formula is C12H15N3OS. The number of nitrogens with zero attached hydrogens (tertiary/aromatic N) is 2. The lowest BCUT2D eigenvalue weighted by Crippen LogP contribution is -1.94. The standard InChI is InChI=1S/C12H15N3OS/c1-8(2)9-3-5-10(6-4-9)16-12-15-14-11(7-13)17-12/h3-6,8H,7,13H2,1-2H3. The van der Waals surface area contributed by atoms with Gasteiger partial charge in [-0.15, -0.1) is 5.10 Å². The van der Waals surface area contributed by atoms with E-state index in [0.717, 1.165) is 10.8 Å². The van der Waals surface area contributed by atoms with Crippen LogP contribution >= 0.6 is 11.3 Å². The highest BCUT2D eigenvalue weighted by Gasteiger charge is 2.05. The molecule has 0 spiro atoms. The number of benzene rings is 1. The highest BCUT2D eigenvalue weighted by atomic mass is 32.1. The lowest BCUT2D eigenvalue weighted by Gasteiger charge is -2.06. The molecule has 0 fully saturated rings. The number of rotatable bonds is 4. The number of hydrogen-bond acceptors (Lipinski definition) is 5. The van der Waals surface area contributed by atoms with Crippen LogP contribution < -0.4 is 10.5 Å². The van der Waals surface area contributed by atoms with E-state index in [1.54, 1.807) is 0 Å². The van der Waals surface area contributed by atoms with Gasteiger partial charge in [0.15, 0.2) is 0 Å². The van der Waals surface area contributed by atoms with Crippen LogP contribution in [0.15, 0.2) is 24.3 Å². The first kappa shape index (κ1) is 12.0. The Morgan fingerprint density at radius 1 is 1.24 bits per heavy atom. The fraction of sp³-hybridized carbons (Fsp3) is 0.333. The van der Waals surface area contributed by atoms with E-state index in [2.05, 4.69) is 36.2 Å². The van der Waals surface area contributed by atoms with Crippen LogP contribution in [0.1, 0.15) is 30.3 Å². The van der Waals surface area contributed by atoms with Crippen LogP contribution in [0.2, 0.25) is 0 Å². The van der Waals surface area contributed by atoms with Crippen molar-refractivity contribution in [3.8, 4) is 10.9 Å². The van der Waals surface area contributed by atoms with Crippen molar-refractivity contribution < 1.29 is 4.74 Å². The van der Waals surface area contributed by atoms with Crippen LogP contribution in [0.3, 0.4) is 0 Å². The largest absolute Gasteiger partial charge is 0.430 e. The third-order valence-electron chi connectivity index (χ3n) is 2.37. The van der Waals surface area contributed by atoms with E-state index >= 15 is 0 Å². The first-order chi connectivity index (χ1) is 8.19. The molecule has 0 unspecified atom stereocenters. The molecule has 0 bridgehead atoms. The van der Waals surface area contributed by atoms with E-state index in [-0.39, 0.29) is 0 Å². The number of nitrogens with two attached hydrogens (primary N) is 1. The molecule has 0 aliphatic heterocycles. The van der Waals surface area contributed by atoms with Gasteiger partial charge in [-0.05, 0) is 23.6 Å². The Morgan fingerprint density at radius 2 is 1.94 bits per heavy atom. The van der Waals surface area contributed by atoms with Crippen molar-refractivity contribution in [3.05, 3.63) is 34.8 Å². The molecule has 1 heterocycles. The van der Waals surface area contributed by atoms with Gasteiger partial charge in [0.05, 0.1) is 0 Å². The highest BCUT2D eigenvalue weighted by molar-refractivity contribution is 7.13. The third-order valence-corrected chi connectivity index (χ3v) is 3.20. The van der Waals surface area contributed by atoms with Gasteiger partial charge < -0.3 is 10.5 Å². The minimum atomic E-state index is 0.396. The van der Waals surface area contributed by atoms with Gasteiger partial charge in [0.1, 0.15) is 10.8 Å². The van der Waals surface area contributed by atoms with E-state index in [0.29, 0.717) is 17.7 Å². The first-order valence-corrected chi connectivity index (χ1v) is 6.31. The predicted octanol–water partition coefficient (Wildman–Crippen LogP) is 2.91. The average molecular weight is 249 g/mol. The molecule has 90 valence electrons. The van der Waals surface area contributed by atoms with Gasteiger partial charge in [0, 0.05) is 6.54 Å². The molecule has 0 aliphatic rings. The lowest BCUT2D eigenvalue weighted by molar-refractivity contribution is 0.472. The summed E-state index contributed by atoms with van der Waals surface area (Å²) in [7, 11) is 0. The van der Waals surface area contributed by atoms with Crippen molar-refractivity contribution in [3.63, 3.8) is 0 Å². The molecule has 0 amide bonds. The predicted molar refractivity (Wildman–Crippen MR) is 68.4 cm³/mol. The zero-order valence-electron chi connectivity index (χ0n) is 9.88. The number of aromatic nitrogens is 2. The second kappa shape index (κ2) is 5.25. The molecule has 0 radical (unpaired) electrons. The summed E-state index contributed by atoms with van der Waals surface area (Å²) in [6.07, 6.45) is 0. The van der Waals surface area contributed by atoms with Crippen molar-refractivity contribution in [2.24, 2.45) is 5.73 Å². The Labute approximate surface area is 104 Å². The van der Waals surface area contributed by atoms with Crippen molar-refractivity contribution in [2.45, 2.75) is 26.3 Å². The Kier molecular flexibility index (Phi) is 3.71. The van der Waals surface area contributed by atoms with E-state index in [4.69, 9.17) is 10.5 Å². The molecular weight excluding hydrogens is 234 g/mol. The van der Waals surface area contributed by atoms with E-state index < -0.39 is 0 Å². The van der Waals surface area contributed by atoms with Gasteiger partial charge >= 0.3 is 0 Å². The summed E-state index contributed by atoms with van der Waals surface area (Å²) in [5, 5.41) is 9.11. The summed E-state index contributed by atoms with van der Waals surface area (Å²) in [6, 6.07) is 8.01. The summed E-state index contributed by atoms with van der Waals surface area (Å²) >= 11 is 1.37. The van der Waals surface area contributed by atoms with Crippen molar-refractivity contribution in [1.29, 1.82) is 0 Å². The molecule has 4 nitrogen and oxygen atoms in total. The SMILES string of the molecule is CC(C)c1ccc(Oc2nnc(CN)s2)cc1. The van der Waals surface area contributed by atoms with E-state index in [1.165, 1.54) is 16.9 Å². The molecule has 0 saturated carbocycles. The van der Waals surface area contributed by atoms with E-state index in [9.17, 15) is 0 Å². The second-order valence-electron chi connectivity index (χ2n) is 3.99. The first-order valence-electron chi connectivity index (χ1n) is 5.49. The quantitative estimate of drug-likeness (QED) is 0.905. The zero-order valence-corrected chi connectivity index (χ0v) is 10.7. The van der Waals surface area contributed by atoms with Crippen LogP contribution in [0.25, 0.3) is 0 Å². The molecule has 0 aliphatic carbocycles. The fourth-order valence-corrected chi connectivity index (χ4v) is 1.97. The molecule has 5 heteroatoms. The molecule has 2 aromatic rings. The van der Waals surface area contributed by atoms with Gasteiger partial charge in [-0.1, -0.05) is 42.4 Å². The maximum absolute atomic E-state index is 5.58. The normalized spacial score (nSPS) is 10.8. The molecule has 17 heavy (non-hydrogen) atoms. The summed E-state index contributed by atoms with van der Waals surface area (Å²) in [5.41, 5.74) is 6.75. The van der Waals surface area contributed by atoms with E-state index in [1.807, 2.05) is 12.1 Å². The van der Waals surface area contributed by atoms with Gasteiger partial charge in [0.25, 0.3) is 5.19 Å². The van der Waals surface area contributed by atoms with Crippen LogP contribution in [-0.4, -0.2) is 10.2 Å². The molecule has 2 rings (SSSR count). The van der Waals surface area contributed by atoms with Crippen molar-refractivity contribution in [2.75, 3.05) is 0 Å². The number of hydrogen-bond donors (Lipinski definition) is 1. The Morgan fingerprint density at radius 3 is 2.47 bits per heavy atom. The molecule has 1 aromatic carbocycles. The van der Waals surface area contributed by atoms with Gasteiger partial charge in [-0.3, -0.25) is 0 Å². The minimum absolute atomic E-state index is 0.396. The monoisotopic (exact) mass is 249 g/mol. The topological polar surface area (TPSA) is 61.0 Å². The average Bonchev–Trinajstić information content (AvgIpc) is 2.77. The fourth-order valence-electron chi connectivity index (χ4n) is 1.38. The Balaban J connectivity index is 2.08. The van der Waals surface area contributed by atoms with Gasteiger partial charge in [-0.25, -0.2) is 0 Å². The van der Waals surface area contributed by atoms with Crippen LogP contribution in [0.4, 0.5) is 0 Å². The van der Waals surface area contributed by atoms with Gasteiger partial charge in [-0.2, -0.15) is 0 Å². The number of ether oxygens (including phenoxy) is 1. The van der Waals surface area contributed by atoms with Crippen molar-refractivity contribution in [1.82, 2.24) is 10.2 Å². The molecule has 0 atom stereocenters. The minimum Gasteiger partial charge on any atom is -0.430 e. The second-order valence-corrected chi connectivity index (χ2v) is 5.02. The van der Waals surface area contributed by atoms with Gasteiger partial charge in [0.2, 0.25) is 0 Å². The van der Waals surface area contributed by atoms with Crippen LogP contribution in [-0.2, 0) is 6.54 Å². The Hall–Kier alpha value is -1.46. The molecule has 0 saturated heterocycles. The third kappa shape index (κ3) is 3.01. The maximum Gasteiger partial charge on any atom is 0.299 e. The highest BCUT2D eigenvalue weighted by Crippen LogP contribution is 2.26. The van der Waals surface area contributed by atoms with Crippen LogP contribution in [0.5, 0.6) is 10.9 Å². The van der Waals surface area contributed by atoms with Crippen molar-refractivity contribution >= 4 is 11.3 Å². The smallest absolute Gasteiger partial charge is 0.299 e. The lowest BCUT2D eigenvalue weighted by atomic mass is 10.0. The Bertz CT molecular complexity index is 479. The zero-order chi connectivity index (χ0) is 12.3.